The van der Waals surface area contributed by atoms with Crippen LogP contribution in [0, 0.1) is 0 Å². The third-order valence-electron chi connectivity index (χ3n) is 4.83. The summed E-state index contributed by atoms with van der Waals surface area (Å²) in [7, 11) is 3.14. The van der Waals surface area contributed by atoms with E-state index >= 15 is 0 Å². The predicted molar refractivity (Wildman–Crippen MR) is 116 cm³/mol. The van der Waals surface area contributed by atoms with Gasteiger partial charge >= 0.3 is 0 Å². The molecule has 0 radical (unpaired) electrons. The van der Waals surface area contributed by atoms with Crippen LogP contribution in [0.25, 0.3) is 0 Å². The zero-order valence-corrected chi connectivity index (χ0v) is 17.8. The maximum absolute atomic E-state index is 12.8. The number of methoxy groups -OCH3 is 2. The molecule has 0 unspecified atom stereocenters. The van der Waals surface area contributed by atoms with E-state index in [-0.39, 0.29) is 24.1 Å². The first-order chi connectivity index (χ1) is 15.6. The number of amidine groups is 1. The summed E-state index contributed by atoms with van der Waals surface area (Å²) >= 11 is 0. The average molecular weight is 438 g/mol. The number of fused-ring (bicyclic) bond motifs is 1. The molecule has 0 fully saturated rings. The summed E-state index contributed by atoms with van der Waals surface area (Å²) in [5.74, 6) is -0.0125. The number of ether oxygens (including phenoxy) is 3. The van der Waals surface area contributed by atoms with E-state index in [0.29, 0.717) is 29.2 Å². The van der Waals surface area contributed by atoms with Crippen LogP contribution in [0.15, 0.2) is 63.7 Å². The Kier molecular flexibility index (Phi) is 6.15. The molecule has 0 spiro atoms. The van der Waals surface area contributed by atoms with Crippen LogP contribution < -0.4 is 9.47 Å². The minimum absolute atomic E-state index is 0.119. The second-order valence-corrected chi connectivity index (χ2v) is 6.67. The molecule has 166 valence electrons. The van der Waals surface area contributed by atoms with Crippen molar-refractivity contribution in [2.75, 3.05) is 27.4 Å². The Bertz CT molecular complexity index is 1060. The highest BCUT2D eigenvalue weighted by Crippen LogP contribution is 2.39. The molecular formula is C22H22N4O6. The van der Waals surface area contributed by atoms with Gasteiger partial charge in [-0.15, -0.1) is 0 Å². The molecule has 0 N–H and O–H groups in total. The third kappa shape index (κ3) is 3.93. The quantitative estimate of drug-likeness (QED) is 0.555. The number of carbonyl (C=O) groups is 1. The fourth-order valence-electron chi connectivity index (χ4n) is 3.28. The van der Waals surface area contributed by atoms with Gasteiger partial charge in [0.15, 0.2) is 12.1 Å². The zero-order chi connectivity index (χ0) is 22.6. The Morgan fingerprint density at radius 1 is 1.03 bits per heavy atom. The monoisotopic (exact) mass is 438 g/mol. The molecular weight excluding hydrogens is 416 g/mol. The molecule has 0 amide bonds. The summed E-state index contributed by atoms with van der Waals surface area (Å²) in [5.41, 5.74) is 1.10. The summed E-state index contributed by atoms with van der Waals surface area (Å²) in [6.45, 7) is 1.84. The molecule has 2 aromatic carbocycles. The number of rotatable bonds is 9. The van der Waals surface area contributed by atoms with Crippen molar-refractivity contribution in [3.05, 3.63) is 59.7 Å². The number of Topliss-reactive ketones (excluding diaryl/α,β-unsaturated/α-hetero) is 1. The maximum Gasteiger partial charge on any atom is 0.294 e. The van der Waals surface area contributed by atoms with Crippen LogP contribution in [0.3, 0.4) is 0 Å². The van der Waals surface area contributed by atoms with Crippen molar-refractivity contribution in [3.63, 3.8) is 0 Å². The van der Waals surface area contributed by atoms with E-state index < -0.39 is 5.85 Å². The van der Waals surface area contributed by atoms with E-state index in [1.54, 1.807) is 62.8 Å². The third-order valence-corrected chi connectivity index (χ3v) is 4.83. The maximum atomic E-state index is 12.8. The van der Waals surface area contributed by atoms with Crippen LogP contribution in [-0.4, -0.2) is 56.4 Å². The summed E-state index contributed by atoms with van der Waals surface area (Å²) < 4.78 is 16.4. The lowest BCUT2D eigenvalue weighted by Gasteiger charge is -2.35. The molecule has 0 saturated carbocycles. The van der Waals surface area contributed by atoms with Gasteiger partial charge in [-0.2, -0.15) is 10.1 Å². The van der Waals surface area contributed by atoms with Crippen molar-refractivity contribution < 1.29 is 28.7 Å². The van der Waals surface area contributed by atoms with E-state index in [1.807, 2.05) is 6.92 Å². The molecule has 1 atom stereocenters. The SMILES string of the molecule is CCO[C@]1(c2ccc(OC)cc2)N=C2ON=CN=C2N1OCC(=O)c1ccc(OC)cc1. The van der Waals surface area contributed by atoms with Gasteiger partial charge in [0.25, 0.3) is 11.7 Å². The number of aliphatic imine (C=N–C) groups is 2. The molecule has 32 heavy (non-hydrogen) atoms. The van der Waals surface area contributed by atoms with Crippen molar-refractivity contribution in [2.45, 2.75) is 12.8 Å². The molecule has 2 heterocycles. The van der Waals surface area contributed by atoms with E-state index in [0.717, 1.165) is 0 Å². The van der Waals surface area contributed by atoms with Gasteiger partial charge in [0, 0.05) is 17.7 Å². The summed E-state index contributed by atoms with van der Waals surface area (Å²) in [6, 6.07) is 13.9. The Hall–Kier alpha value is -3.76. The van der Waals surface area contributed by atoms with Gasteiger partial charge in [-0.25, -0.2) is 4.99 Å². The van der Waals surface area contributed by atoms with Gasteiger partial charge in [0.2, 0.25) is 5.84 Å². The Morgan fingerprint density at radius 3 is 2.31 bits per heavy atom. The average Bonchev–Trinajstić information content (AvgIpc) is 3.16. The number of nitrogens with zero attached hydrogens (tertiary/aromatic N) is 4. The largest absolute Gasteiger partial charge is 0.497 e. The van der Waals surface area contributed by atoms with Crippen molar-refractivity contribution >= 4 is 23.9 Å². The standard InChI is InChI=1S/C22H22N4O6/c1-4-30-22(16-7-11-18(29-3)12-8-16)25-21-20(23-14-24-32-21)26(22)31-13-19(27)15-5-9-17(28-2)10-6-15/h5-12,14H,4,13H2,1-3H3/t22-/m1/s1. The van der Waals surface area contributed by atoms with E-state index in [4.69, 9.17) is 23.9 Å². The molecule has 2 aliphatic rings. The molecule has 10 nitrogen and oxygen atoms in total. The number of hydrogen-bond acceptors (Lipinski definition) is 10. The molecule has 10 heteroatoms. The first-order valence-electron chi connectivity index (χ1n) is 9.87. The zero-order valence-electron chi connectivity index (χ0n) is 17.8. The van der Waals surface area contributed by atoms with Crippen molar-refractivity contribution in [1.29, 1.82) is 0 Å². The fraction of sp³-hybridized carbons (Fsp3) is 0.273. The second-order valence-electron chi connectivity index (χ2n) is 6.67. The van der Waals surface area contributed by atoms with Crippen LogP contribution >= 0.6 is 0 Å². The molecule has 2 aromatic rings. The van der Waals surface area contributed by atoms with Crippen molar-refractivity contribution in [3.8, 4) is 11.5 Å². The minimum Gasteiger partial charge on any atom is -0.497 e. The number of ketones is 1. The topological polar surface area (TPSA) is 104 Å². The van der Waals surface area contributed by atoms with Gasteiger partial charge in [0.1, 0.15) is 18.1 Å². The summed E-state index contributed by atoms with van der Waals surface area (Å²) in [5, 5.41) is 5.01. The first kappa shape index (κ1) is 21.5. The molecule has 0 saturated heterocycles. The Balaban J connectivity index is 1.64. The number of oxime groups is 1. The molecule has 0 aliphatic carbocycles. The fourth-order valence-corrected chi connectivity index (χ4v) is 3.28. The Labute approximate surface area is 184 Å². The van der Waals surface area contributed by atoms with Gasteiger partial charge in [0.05, 0.1) is 14.2 Å². The van der Waals surface area contributed by atoms with Gasteiger partial charge in [-0.05, 0) is 55.5 Å². The highest BCUT2D eigenvalue weighted by atomic mass is 16.7. The minimum atomic E-state index is -1.46. The van der Waals surface area contributed by atoms with Gasteiger partial charge in [-0.1, -0.05) is 5.16 Å². The van der Waals surface area contributed by atoms with Crippen molar-refractivity contribution in [1.82, 2.24) is 5.06 Å². The highest BCUT2D eigenvalue weighted by Gasteiger charge is 2.52. The lowest BCUT2D eigenvalue weighted by molar-refractivity contribution is -0.258. The molecule has 0 aromatic heterocycles. The second kappa shape index (κ2) is 9.16. The van der Waals surface area contributed by atoms with Gasteiger partial charge in [-0.3, -0.25) is 9.63 Å². The molecule has 2 aliphatic heterocycles. The van der Waals surface area contributed by atoms with Gasteiger partial charge < -0.3 is 19.0 Å². The highest BCUT2D eigenvalue weighted by molar-refractivity contribution is 6.40. The smallest absolute Gasteiger partial charge is 0.294 e. The van der Waals surface area contributed by atoms with Crippen molar-refractivity contribution in [2.24, 2.45) is 15.1 Å². The van der Waals surface area contributed by atoms with Crippen LogP contribution in [-0.2, 0) is 20.3 Å². The van der Waals surface area contributed by atoms with E-state index in [1.165, 1.54) is 11.4 Å². The Morgan fingerprint density at radius 2 is 1.69 bits per heavy atom. The normalized spacial score (nSPS) is 19.0. The van der Waals surface area contributed by atoms with E-state index in [9.17, 15) is 4.79 Å². The van der Waals surface area contributed by atoms with Crippen LogP contribution in [0.4, 0.5) is 0 Å². The molecule has 0 bridgehead atoms. The predicted octanol–water partition coefficient (Wildman–Crippen LogP) is 2.75. The number of benzene rings is 2. The lowest BCUT2D eigenvalue weighted by atomic mass is 10.1. The first-order valence-corrected chi connectivity index (χ1v) is 9.87. The van der Waals surface area contributed by atoms with Crippen LogP contribution in [0.2, 0.25) is 0 Å². The number of carbonyl (C=O) groups excluding carboxylic acids is 1. The lowest BCUT2D eigenvalue weighted by Crippen LogP contribution is -2.47. The van der Waals surface area contributed by atoms with E-state index in [2.05, 4.69) is 15.1 Å². The van der Waals surface area contributed by atoms with Crippen LogP contribution in [0.5, 0.6) is 11.5 Å². The number of hydrogen-bond donors (Lipinski definition) is 0. The molecule has 4 rings (SSSR count). The summed E-state index contributed by atoms with van der Waals surface area (Å²) in [4.78, 5) is 32.8. The van der Waals surface area contributed by atoms with Crippen LogP contribution in [0.1, 0.15) is 22.8 Å². The summed E-state index contributed by atoms with van der Waals surface area (Å²) in [6.07, 6.45) is 1.23. The number of hydroxylamine groups is 2.